The number of benzene rings is 4. The number of carbonyl (C=O) groups is 1. The number of Topliss-reactive ketones (excluding diaryl/α,β-unsaturated/α-hetero) is 1. The van der Waals surface area contributed by atoms with E-state index in [2.05, 4.69) is 137 Å². The van der Waals surface area contributed by atoms with Crippen molar-refractivity contribution in [2.45, 2.75) is 26.7 Å². The molecule has 9 rings (SSSR count). The molecule has 0 atom stereocenters. The van der Waals surface area contributed by atoms with Gasteiger partial charge in [0, 0.05) is 56.2 Å². The lowest BCUT2D eigenvalue weighted by Gasteiger charge is -2.09. The van der Waals surface area contributed by atoms with Crippen molar-refractivity contribution in [3.8, 4) is 44.5 Å². The van der Waals surface area contributed by atoms with E-state index >= 15 is 0 Å². The molecule has 3 aliphatic rings. The van der Waals surface area contributed by atoms with Crippen molar-refractivity contribution >= 4 is 41.1 Å². The standard InChI is InChI=1S/C48H38N4O/c1-30(2)48(53)35-20-18-34(19-21-35)47-42-28-26-40(51-42)45(32-14-8-4-9-15-32)38-24-22-36(49-38)44(31-12-6-3-7-13-31)37-23-25-39(50-37)46(33-16-10-5-11-17-33)41-27-29-43(47)52-41/h3-26,28,30,49,52H,27,29H2,1-2H3. The number of aryl methyl sites for hydroxylation is 2. The Hall–Kier alpha value is -6.59. The fourth-order valence-electron chi connectivity index (χ4n) is 7.69. The number of H-pyrrole nitrogens is 2. The molecule has 0 aliphatic carbocycles. The van der Waals surface area contributed by atoms with Crippen LogP contribution in [-0.4, -0.2) is 25.7 Å². The summed E-state index contributed by atoms with van der Waals surface area (Å²) in [7, 11) is 0. The van der Waals surface area contributed by atoms with E-state index in [1.165, 1.54) is 0 Å². The minimum absolute atomic E-state index is 0.0717. The number of ketones is 1. The molecule has 0 spiro atoms. The maximum Gasteiger partial charge on any atom is 0.165 e. The highest BCUT2D eigenvalue weighted by Gasteiger charge is 2.22. The summed E-state index contributed by atoms with van der Waals surface area (Å²) < 4.78 is 0. The number of aromatic nitrogens is 4. The zero-order valence-electron chi connectivity index (χ0n) is 29.7. The van der Waals surface area contributed by atoms with E-state index in [0.29, 0.717) is 0 Å². The Kier molecular flexibility index (Phi) is 8.24. The van der Waals surface area contributed by atoms with Gasteiger partial charge in [-0.15, -0.1) is 0 Å². The van der Waals surface area contributed by atoms with Crippen molar-refractivity contribution in [3.63, 3.8) is 0 Å². The topological polar surface area (TPSA) is 74.4 Å². The maximum absolute atomic E-state index is 12.9. The number of nitrogens with zero attached hydrogens (tertiary/aromatic N) is 2. The largest absolute Gasteiger partial charge is 0.361 e. The summed E-state index contributed by atoms with van der Waals surface area (Å²) in [4.78, 5) is 31.4. The summed E-state index contributed by atoms with van der Waals surface area (Å²) in [6, 6.07) is 43.8. The van der Waals surface area contributed by atoms with Gasteiger partial charge in [0.2, 0.25) is 0 Å². The Morgan fingerprint density at radius 3 is 1.26 bits per heavy atom. The van der Waals surface area contributed by atoms with Gasteiger partial charge in [0.1, 0.15) is 0 Å². The van der Waals surface area contributed by atoms with Crippen molar-refractivity contribution in [2.75, 3.05) is 0 Å². The number of nitrogens with one attached hydrogen (secondary N) is 2. The molecule has 0 unspecified atom stereocenters. The van der Waals surface area contributed by atoms with Gasteiger partial charge < -0.3 is 9.97 Å². The smallest absolute Gasteiger partial charge is 0.165 e. The molecule has 3 aliphatic heterocycles. The molecule has 256 valence electrons. The molecule has 5 heteroatoms. The van der Waals surface area contributed by atoms with E-state index in [-0.39, 0.29) is 11.7 Å². The molecule has 8 bridgehead atoms. The van der Waals surface area contributed by atoms with Crippen molar-refractivity contribution in [2.24, 2.45) is 5.92 Å². The Labute approximate surface area is 309 Å². The third-order valence-corrected chi connectivity index (χ3v) is 10.2. The van der Waals surface area contributed by atoms with E-state index < -0.39 is 0 Å². The van der Waals surface area contributed by atoms with Gasteiger partial charge >= 0.3 is 0 Å². The molecule has 0 fully saturated rings. The number of hydrogen-bond acceptors (Lipinski definition) is 3. The van der Waals surface area contributed by atoms with E-state index in [0.717, 1.165) is 108 Å². The van der Waals surface area contributed by atoms with Crippen LogP contribution in [0.5, 0.6) is 0 Å². The van der Waals surface area contributed by atoms with E-state index in [1.54, 1.807) is 0 Å². The second-order valence-corrected chi connectivity index (χ2v) is 14.0. The summed E-state index contributed by atoms with van der Waals surface area (Å²) in [6.07, 6.45) is 10.2. The first-order valence-corrected chi connectivity index (χ1v) is 18.3. The molecule has 0 saturated heterocycles. The lowest BCUT2D eigenvalue weighted by atomic mass is 9.96. The summed E-state index contributed by atoms with van der Waals surface area (Å²) in [5.41, 5.74) is 16.9. The Morgan fingerprint density at radius 2 is 0.849 bits per heavy atom. The van der Waals surface area contributed by atoms with Crippen molar-refractivity contribution in [1.29, 1.82) is 0 Å². The zero-order chi connectivity index (χ0) is 35.9. The second-order valence-electron chi connectivity index (χ2n) is 14.0. The molecular weight excluding hydrogens is 649 g/mol. The van der Waals surface area contributed by atoms with Crippen LogP contribution < -0.4 is 0 Å². The predicted molar refractivity (Wildman–Crippen MR) is 218 cm³/mol. The Morgan fingerprint density at radius 1 is 0.472 bits per heavy atom. The minimum Gasteiger partial charge on any atom is -0.361 e. The van der Waals surface area contributed by atoms with Gasteiger partial charge in [0.05, 0.1) is 22.8 Å². The molecule has 2 aromatic heterocycles. The quantitative estimate of drug-likeness (QED) is 0.171. The van der Waals surface area contributed by atoms with Crippen LogP contribution in [0.15, 0.2) is 127 Å². The van der Waals surface area contributed by atoms with Gasteiger partial charge in [-0.05, 0) is 71.5 Å². The maximum atomic E-state index is 12.9. The SMILES string of the molecule is CC(C)C(=O)c1ccc(-c2c3nc(c(-c4ccccc4)c4ccc([nH]4)c(-c4ccccc4)c4nc(c(-c5ccccc5)c5[nH]c2CC5)C=C4)C=C3)cc1. The third-order valence-electron chi connectivity index (χ3n) is 10.2. The van der Waals surface area contributed by atoms with Crippen LogP contribution >= 0.6 is 0 Å². The lowest BCUT2D eigenvalue weighted by Crippen LogP contribution is -2.07. The molecule has 53 heavy (non-hydrogen) atoms. The van der Waals surface area contributed by atoms with Crippen LogP contribution in [0.2, 0.25) is 0 Å². The number of fused-ring (bicyclic) bond motifs is 8. The zero-order valence-corrected chi connectivity index (χ0v) is 29.7. The number of carbonyl (C=O) groups excluding carboxylic acids is 1. The van der Waals surface area contributed by atoms with Crippen LogP contribution in [0.3, 0.4) is 0 Å². The Balaban J connectivity index is 1.42. The highest BCUT2D eigenvalue weighted by Crippen LogP contribution is 2.39. The molecule has 0 amide bonds. The monoisotopic (exact) mass is 686 g/mol. The van der Waals surface area contributed by atoms with Crippen LogP contribution in [0.4, 0.5) is 0 Å². The fourth-order valence-corrected chi connectivity index (χ4v) is 7.69. The molecule has 5 heterocycles. The molecule has 4 aromatic carbocycles. The average molecular weight is 687 g/mol. The summed E-state index contributed by atoms with van der Waals surface area (Å²) in [5.74, 6) is 0.0665. The van der Waals surface area contributed by atoms with Gasteiger partial charge in [-0.1, -0.05) is 129 Å². The second kappa shape index (κ2) is 13.5. The van der Waals surface area contributed by atoms with E-state index in [9.17, 15) is 4.79 Å². The predicted octanol–water partition coefficient (Wildman–Crippen LogP) is 11.7. The van der Waals surface area contributed by atoms with Gasteiger partial charge in [0.15, 0.2) is 5.78 Å². The summed E-state index contributed by atoms with van der Waals surface area (Å²) in [5, 5.41) is 0. The van der Waals surface area contributed by atoms with E-state index in [4.69, 9.17) is 9.97 Å². The van der Waals surface area contributed by atoms with Crippen molar-refractivity contribution in [1.82, 2.24) is 19.9 Å². The molecular formula is C48H38N4O. The third kappa shape index (κ3) is 6.00. The lowest BCUT2D eigenvalue weighted by molar-refractivity contribution is 0.0939. The van der Waals surface area contributed by atoms with Crippen molar-refractivity contribution in [3.05, 3.63) is 167 Å². The average Bonchev–Trinajstić information content (AvgIpc) is 4.04. The first-order valence-electron chi connectivity index (χ1n) is 18.3. The fraction of sp³-hybridized carbons (Fsp3) is 0.104. The van der Waals surface area contributed by atoms with Crippen LogP contribution in [-0.2, 0) is 12.8 Å². The summed E-state index contributed by atoms with van der Waals surface area (Å²) in [6.45, 7) is 3.88. The summed E-state index contributed by atoms with van der Waals surface area (Å²) >= 11 is 0. The molecule has 5 nitrogen and oxygen atoms in total. The van der Waals surface area contributed by atoms with Gasteiger partial charge in [-0.3, -0.25) is 4.79 Å². The molecule has 0 radical (unpaired) electrons. The van der Waals surface area contributed by atoms with Gasteiger partial charge in [-0.2, -0.15) is 0 Å². The highest BCUT2D eigenvalue weighted by atomic mass is 16.1. The van der Waals surface area contributed by atoms with Crippen molar-refractivity contribution < 1.29 is 4.79 Å². The normalized spacial score (nSPS) is 12.7. The minimum atomic E-state index is -0.0717. The van der Waals surface area contributed by atoms with Crippen LogP contribution in [0.25, 0.3) is 79.8 Å². The Bertz CT molecular complexity index is 2630. The first kappa shape index (κ1) is 32.3. The molecule has 0 saturated carbocycles. The van der Waals surface area contributed by atoms with Crippen LogP contribution in [0, 0.1) is 5.92 Å². The number of rotatable bonds is 6. The number of aromatic amines is 2. The highest BCUT2D eigenvalue weighted by molar-refractivity contribution is 5.99. The first-order chi connectivity index (χ1) is 26.0. The molecule has 2 N–H and O–H groups in total. The van der Waals surface area contributed by atoms with Crippen LogP contribution in [0.1, 0.15) is 58.4 Å². The van der Waals surface area contributed by atoms with E-state index in [1.807, 2.05) is 38.1 Å². The molecule has 6 aromatic rings. The van der Waals surface area contributed by atoms with Gasteiger partial charge in [0.25, 0.3) is 0 Å². The van der Waals surface area contributed by atoms with Gasteiger partial charge in [-0.25, -0.2) is 9.97 Å². The number of hydrogen-bond donors (Lipinski definition) is 2.